The fraction of sp³-hybridized carbons (Fsp3) is 0.382. The first-order valence-corrected chi connectivity index (χ1v) is 15.9. The summed E-state index contributed by atoms with van der Waals surface area (Å²) in [5, 5.41) is 6.02. The molecule has 0 spiro atoms. The fourth-order valence-electron chi connectivity index (χ4n) is 5.64. The number of nitrogens with one attached hydrogen (secondary N) is 2. The van der Waals surface area contributed by atoms with Crippen molar-refractivity contribution in [3.05, 3.63) is 102 Å². The molecule has 2 atom stereocenters. The molecule has 0 bridgehead atoms. The lowest BCUT2D eigenvalue weighted by Crippen LogP contribution is -2.56. The molecule has 4 rings (SSSR count). The number of carbonyl (C=O) groups is 3. The maximum atomic E-state index is 13.8. The highest BCUT2D eigenvalue weighted by Gasteiger charge is 2.40. The minimum atomic E-state index is -0.851. The van der Waals surface area contributed by atoms with Crippen LogP contribution in [0.4, 0.5) is 13.6 Å². The molecule has 0 saturated carbocycles. The lowest BCUT2D eigenvalue weighted by atomic mass is 9.86. The molecule has 1 aliphatic heterocycles. The van der Waals surface area contributed by atoms with E-state index in [4.69, 9.17) is 0 Å². The van der Waals surface area contributed by atoms with Gasteiger partial charge in [0.05, 0.1) is 5.75 Å². The lowest BCUT2D eigenvalue weighted by molar-refractivity contribution is -0.136. The van der Waals surface area contributed by atoms with Crippen LogP contribution in [0.15, 0.2) is 83.8 Å². The summed E-state index contributed by atoms with van der Waals surface area (Å²) in [6, 6.07) is 20.7. The van der Waals surface area contributed by atoms with Gasteiger partial charge >= 0.3 is 6.03 Å². The van der Waals surface area contributed by atoms with Crippen molar-refractivity contribution < 1.29 is 23.2 Å². The summed E-state index contributed by atoms with van der Waals surface area (Å²) in [5.74, 6) is -1.37. The van der Waals surface area contributed by atoms with Crippen LogP contribution in [0.5, 0.6) is 0 Å². The Bertz CT molecular complexity index is 1290. The number of nitrogens with zero attached hydrogens (tertiary/aromatic N) is 1. The normalized spacial score (nSPS) is 15.3. The third kappa shape index (κ3) is 9.21. The predicted molar refractivity (Wildman–Crippen MR) is 166 cm³/mol. The Morgan fingerprint density at radius 2 is 1.56 bits per heavy atom. The zero-order valence-corrected chi connectivity index (χ0v) is 25.3. The highest BCUT2D eigenvalue weighted by Crippen LogP contribution is 2.31. The van der Waals surface area contributed by atoms with E-state index in [-0.39, 0.29) is 41.4 Å². The van der Waals surface area contributed by atoms with E-state index in [1.54, 1.807) is 31.2 Å². The smallest absolute Gasteiger partial charge is 0.324 e. The van der Waals surface area contributed by atoms with Crippen LogP contribution in [0.25, 0.3) is 0 Å². The second-order valence-corrected chi connectivity index (χ2v) is 11.8. The molecule has 9 heteroatoms. The van der Waals surface area contributed by atoms with Gasteiger partial charge < -0.3 is 10.6 Å². The predicted octanol–water partition coefficient (Wildman–Crippen LogP) is 6.55. The third-order valence-electron chi connectivity index (χ3n) is 7.78. The van der Waals surface area contributed by atoms with E-state index < -0.39 is 18.0 Å². The molecular weight excluding hydrogens is 568 g/mol. The number of amides is 3. The molecule has 3 aromatic carbocycles. The zero-order chi connectivity index (χ0) is 30.6. The number of rotatable bonds is 14. The highest BCUT2D eigenvalue weighted by molar-refractivity contribution is 8.00. The van der Waals surface area contributed by atoms with Crippen LogP contribution in [-0.2, 0) is 9.59 Å². The summed E-state index contributed by atoms with van der Waals surface area (Å²) in [5.41, 5.74) is 1.83. The van der Waals surface area contributed by atoms with Crippen LogP contribution in [0.2, 0.25) is 0 Å². The third-order valence-corrected chi connectivity index (χ3v) is 8.78. The van der Waals surface area contributed by atoms with Gasteiger partial charge in [0.2, 0.25) is 5.91 Å². The molecule has 43 heavy (non-hydrogen) atoms. The molecule has 0 aromatic heterocycles. The Labute approximate surface area is 256 Å². The van der Waals surface area contributed by atoms with E-state index in [9.17, 15) is 23.2 Å². The minimum absolute atomic E-state index is 0.0437. The standard InChI is InChI=1S/C34H39F2N3O3S/c1-2-38-34(42)39(32(41)23-43-29-8-4-3-5-9-29)33(26-20-21-37-22-26)31(40)11-7-6-10-30(24-12-16-27(35)17-13-24)25-14-18-28(36)19-15-25/h3-5,8-9,12-19,26,30,33,37H,2,6-7,10-11,20-23H2,1H3,(H,38,42). The van der Waals surface area contributed by atoms with Gasteiger partial charge in [0.1, 0.15) is 17.7 Å². The first-order valence-electron chi connectivity index (χ1n) is 14.9. The molecule has 3 aromatic rings. The minimum Gasteiger partial charge on any atom is -0.338 e. The van der Waals surface area contributed by atoms with Crippen molar-refractivity contribution in [3.63, 3.8) is 0 Å². The number of halogens is 2. The molecule has 3 amide bonds. The van der Waals surface area contributed by atoms with Gasteiger partial charge in [0.15, 0.2) is 5.78 Å². The van der Waals surface area contributed by atoms with Crippen molar-refractivity contribution in [1.82, 2.24) is 15.5 Å². The number of benzene rings is 3. The number of Topliss-reactive ketones (excluding diaryl/α,β-unsaturated/α-hetero) is 1. The molecule has 6 nitrogen and oxygen atoms in total. The quantitative estimate of drug-likeness (QED) is 0.160. The number of hydrogen-bond donors (Lipinski definition) is 2. The Hall–Kier alpha value is -3.56. The number of ketones is 1. The van der Waals surface area contributed by atoms with Crippen molar-refractivity contribution >= 4 is 29.5 Å². The monoisotopic (exact) mass is 607 g/mol. The molecule has 228 valence electrons. The van der Waals surface area contributed by atoms with Crippen LogP contribution in [0, 0.1) is 17.6 Å². The summed E-state index contributed by atoms with van der Waals surface area (Å²) < 4.78 is 27.2. The summed E-state index contributed by atoms with van der Waals surface area (Å²) in [6.45, 7) is 3.41. The van der Waals surface area contributed by atoms with Crippen LogP contribution in [0.3, 0.4) is 0 Å². The highest BCUT2D eigenvalue weighted by atomic mass is 32.2. The number of imide groups is 1. The Balaban J connectivity index is 1.46. The van der Waals surface area contributed by atoms with Gasteiger partial charge in [-0.3, -0.25) is 14.5 Å². The van der Waals surface area contributed by atoms with Gasteiger partial charge in [-0.2, -0.15) is 0 Å². The Morgan fingerprint density at radius 1 is 0.930 bits per heavy atom. The molecule has 1 fully saturated rings. The number of unbranched alkanes of at least 4 members (excludes halogenated alkanes) is 1. The average Bonchev–Trinajstić information content (AvgIpc) is 3.55. The molecule has 1 saturated heterocycles. The molecule has 2 N–H and O–H groups in total. The van der Waals surface area contributed by atoms with E-state index in [2.05, 4.69) is 10.6 Å². The van der Waals surface area contributed by atoms with Crippen LogP contribution >= 0.6 is 11.8 Å². The van der Waals surface area contributed by atoms with E-state index in [1.165, 1.54) is 40.9 Å². The summed E-state index contributed by atoms with van der Waals surface area (Å²) >= 11 is 1.34. The number of urea groups is 1. The van der Waals surface area contributed by atoms with E-state index in [0.29, 0.717) is 38.8 Å². The number of carbonyl (C=O) groups excluding carboxylic acids is 3. The van der Waals surface area contributed by atoms with E-state index in [0.717, 1.165) is 22.6 Å². The largest absolute Gasteiger partial charge is 0.338 e. The zero-order valence-electron chi connectivity index (χ0n) is 24.4. The molecule has 2 unspecified atom stereocenters. The molecule has 1 heterocycles. The van der Waals surface area contributed by atoms with Crippen LogP contribution < -0.4 is 10.6 Å². The second-order valence-electron chi connectivity index (χ2n) is 10.8. The van der Waals surface area contributed by atoms with Crippen molar-refractivity contribution in [2.45, 2.75) is 55.9 Å². The molecule has 1 aliphatic rings. The van der Waals surface area contributed by atoms with Gasteiger partial charge in [-0.15, -0.1) is 11.8 Å². The maximum absolute atomic E-state index is 13.8. The second kappa shape index (κ2) is 16.3. The van der Waals surface area contributed by atoms with Crippen LogP contribution in [-0.4, -0.2) is 54.1 Å². The van der Waals surface area contributed by atoms with Gasteiger partial charge in [-0.1, -0.05) is 48.9 Å². The topological polar surface area (TPSA) is 78.5 Å². The summed E-state index contributed by atoms with van der Waals surface area (Å²) in [4.78, 5) is 42.7. The molecule has 0 radical (unpaired) electrons. The number of thioether (sulfide) groups is 1. The first kappa shape index (κ1) is 32.4. The van der Waals surface area contributed by atoms with E-state index >= 15 is 0 Å². The van der Waals surface area contributed by atoms with Gasteiger partial charge in [-0.25, -0.2) is 13.6 Å². The SMILES string of the molecule is CCNC(=O)N(C(=O)CSc1ccccc1)C(C(=O)CCCCC(c1ccc(F)cc1)c1ccc(F)cc1)C1CCNC1. The van der Waals surface area contributed by atoms with E-state index in [1.807, 2.05) is 30.3 Å². The molecule has 0 aliphatic carbocycles. The maximum Gasteiger partial charge on any atom is 0.324 e. The number of hydrogen-bond acceptors (Lipinski definition) is 5. The van der Waals surface area contributed by atoms with Gasteiger partial charge in [-0.05, 0) is 80.3 Å². The Morgan fingerprint density at radius 3 is 2.12 bits per heavy atom. The first-order chi connectivity index (χ1) is 20.9. The molecular formula is C34H39F2N3O3S. The average molecular weight is 608 g/mol. The van der Waals surface area contributed by atoms with Crippen molar-refractivity contribution in [2.75, 3.05) is 25.4 Å². The fourth-order valence-corrected chi connectivity index (χ4v) is 6.42. The van der Waals surface area contributed by atoms with Gasteiger partial charge in [0, 0.05) is 36.2 Å². The van der Waals surface area contributed by atoms with Crippen molar-refractivity contribution in [2.24, 2.45) is 5.92 Å². The van der Waals surface area contributed by atoms with Crippen molar-refractivity contribution in [3.8, 4) is 0 Å². The van der Waals surface area contributed by atoms with Crippen LogP contribution in [0.1, 0.15) is 56.1 Å². The lowest BCUT2D eigenvalue weighted by Gasteiger charge is -2.33. The van der Waals surface area contributed by atoms with Gasteiger partial charge in [0.25, 0.3) is 0 Å². The Kier molecular flexibility index (Phi) is 12.3. The summed E-state index contributed by atoms with van der Waals surface area (Å²) in [7, 11) is 0. The van der Waals surface area contributed by atoms with Crippen molar-refractivity contribution in [1.29, 1.82) is 0 Å². The summed E-state index contributed by atoms with van der Waals surface area (Å²) in [6.07, 6.45) is 2.83.